The van der Waals surface area contributed by atoms with Gasteiger partial charge in [-0.3, -0.25) is 4.90 Å². The van der Waals surface area contributed by atoms with E-state index in [2.05, 4.69) is 4.90 Å². The molecule has 1 saturated heterocycles. The van der Waals surface area contributed by atoms with E-state index < -0.39 is 17.3 Å². The number of hydrogen-bond donors (Lipinski definition) is 0. The van der Waals surface area contributed by atoms with Crippen molar-refractivity contribution in [1.82, 2.24) is 9.80 Å². The van der Waals surface area contributed by atoms with Crippen LogP contribution in [0.5, 0.6) is 0 Å². The fourth-order valence-corrected chi connectivity index (χ4v) is 5.74. The van der Waals surface area contributed by atoms with E-state index >= 15 is 0 Å². The largest absolute Gasteiger partial charge is 0.443 e. The van der Waals surface area contributed by atoms with Crippen molar-refractivity contribution in [2.24, 2.45) is 0 Å². The third-order valence-corrected chi connectivity index (χ3v) is 7.99. The summed E-state index contributed by atoms with van der Waals surface area (Å²) in [6.45, 7) is 10.9. The number of rotatable bonds is 9. The number of benzene rings is 2. The first-order chi connectivity index (χ1) is 18.1. The van der Waals surface area contributed by atoms with E-state index in [9.17, 15) is 18.0 Å². The maximum atomic E-state index is 13.5. The Labute approximate surface area is 227 Å². The summed E-state index contributed by atoms with van der Waals surface area (Å²) in [6, 6.07) is 11.8. The second kappa shape index (κ2) is 12.2. The SMILES string of the molecule is CCOCCC(C)(C)OC(=O)N1CCN(CCCN2c3ccccc3Sc3ccc(C(F)(F)F)cc32)CC1. The van der Waals surface area contributed by atoms with Crippen molar-refractivity contribution in [3.63, 3.8) is 0 Å². The summed E-state index contributed by atoms with van der Waals surface area (Å²) in [5.74, 6) is 0. The molecule has 0 spiro atoms. The van der Waals surface area contributed by atoms with E-state index in [4.69, 9.17) is 9.47 Å². The van der Waals surface area contributed by atoms with Crippen molar-refractivity contribution in [1.29, 1.82) is 0 Å². The molecule has 4 rings (SSSR count). The van der Waals surface area contributed by atoms with Crippen molar-refractivity contribution >= 4 is 29.2 Å². The van der Waals surface area contributed by atoms with Crippen molar-refractivity contribution in [3.8, 4) is 0 Å². The van der Waals surface area contributed by atoms with Crippen LogP contribution in [-0.2, 0) is 15.7 Å². The number of nitrogens with zero attached hydrogens (tertiary/aromatic N) is 3. The Morgan fingerprint density at radius 2 is 1.68 bits per heavy atom. The van der Waals surface area contributed by atoms with Crippen LogP contribution >= 0.6 is 11.8 Å². The third-order valence-electron chi connectivity index (χ3n) is 6.86. The van der Waals surface area contributed by atoms with Crippen molar-refractivity contribution < 1.29 is 27.4 Å². The molecule has 1 amide bonds. The molecule has 0 atom stereocenters. The molecule has 10 heteroatoms. The number of anilines is 2. The second-order valence-electron chi connectivity index (χ2n) is 10.2. The smallest absolute Gasteiger partial charge is 0.416 e. The molecule has 0 aliphatic carbocycles. The van der Waals surface area contributed by atoms with Crippen LogP contribution in [0.2, 0.25) is 0 Å². The lowest BCUT2D eigenvalue weighted by Gasteiger charge is -2.37. The number of carbonyl (C=O) groups is 1. The Hall–Kier alpha value is -2.43. The predicted octanol–water partition coefficient (Wildman–Crippen LogP) is 6.66. The van der Waals surface area contributed by atoms with Crippen LogP contribution in [0.25, 0.3) is 0 Å². The van der Waals surface area contributed by atoms with Gasteiger partial charge in [-0.2, -0.15) is 13.2 Å². The number of para-hydroxylation sites is 1. The van der Waals surface area contributed by atoms with Gasteiger partial charge in [-0.15, -0.1) is 0 Å². The topological polar surface area (TPSA) is 45.3 Å². The first-order valence-electron chi connectivity index (χ1n) is 13.1. The first-order valence-corrected chi connectivity index (χ1v) is 13.9. The molecule has 1 fully saturated rings. The van der Waals surface area contributed by atoms with Crippen LogP contribution in [0.1, 0.15) is 39.2 Å². The molecule has 0 saturated carbocycles. The maximum absolute atomic E-state index is 13.5. The number of carbonyl (C=O) groups excluding carboxylic acids is 1. The van der Waals surface area contributed by atoms with Gasteiger partial charge in [0, 0.05) is 55.5 Å². The van der Waals surface area contributed by atoms with Gasteiger partial charge in [-0.1, -0.05) is 23.9 Å². The molecular weight excluding hydrogens is 515 g/mol. The summed E-state index contributed by atoms with van der Waals surface area (Å²) in [6.07, 6.45) is -3.27. The molecule has 2 aliphatic heterocycles. The first kappa shape index (κ1) is 28.6. The van der Waals surface area contributed by atoms with Gasteiger partial charge in [0.05, 0.1) is 23.5 Å². The van der Waals surface area contributed by atoms with Gasteiger partial charge in [0.2, 0.25) is 0 Å². The Morgan fingerprint density at radius 3 is 2.39 bits per heavy atom. The predicted molar refractivity (Wildman–Crippen MR) is 143 cm³/mol. The van der Waals surface area contributed by atoms with Crippen LogP contribution in [0.3, 0.4) is 0 Å². The Bertz CT molecular complexity index is 1100. The second-order valence-corrected chi connectivity index (χ2v) is 11.2. The van der Waals surface area contributed by atoms with Gasteiger partial charge < -0.3 is 19.3 Å². The molecule has 2 aliphatic rings. The van der Waals surface area contributed by atoms with Crippen LogP contribution in [0.15, 0.2) is 52.3 Å². The fraction of sp³-hybridized carbons (Fsp3) is 0.536. The normalized spacial score (nSPS) is 16.3. The van der Waals surface area contributed by atoms with E-state index in [0.717, 1.165) is 47.6 Å². The summed E-state index contributed by atoms with van der Waals surface area (Å²) in [4.78, 5) is 20.6. The zero-order chi connectivity index (χ0) is 27.3. The summed E-state index contributed by atoms with van der Waals surface area (Å²) in [5, 5.41) is 0. The highest BCUT2D eigenvalue weighted by atomic mass is 32.2. The van der Waals surface area contributed by atoms with Crippen molar-refractivity contribution in [3.05, 3.63) is 48.0 Å². The summed E-state index contributed by atoms with van der Waals surface area (Å²) >= 11 is 1.50. The lowest BCUT2D eigenvalue weighted by Crippen LogP contribution is -2.50. The molecule has 0 aromatic heterocycles. The Balaban J connectivity index is 1.32. The molecule has 0 bridgehead atoms. The molecule has 0 N–H and O–H groups in total. The monoisotopic (exact) mass is 551 g/mol. The van der Waals surface area contributed by atoms with E-state index in [-0.39, 0.29) is 6.09 Å². The van der Waals surface area contributed by atoms with Gasteiger partial charge >= 0.3 is 12.3 Å². The highest BCUT2D eigenvalue weighted by Crippen LogP contribution is 2.49. The van der Waals surface area contributed by atoms with Crippen molar-refractivity contribution in [2.75, 3.05) is 57.4 Å². The standard InChI is InChI=1S/C28H36F3N3O3S/c1-4-36-19-12-27(2,3)37-26(35)33-17-15-32(16-18-33)13-7-14-34-22-8-5-6-9-24(22)38-25-11-10-21(20-23(25)34)28(29,30)31/h5-6,8-11,20H,4,7,12-19H2,1-3H3. The molecule has 2 heterocycles. The van der Waals surface area contributed by atoms with Crippen LogP contribution < -0.4 is 4.90 Å². The lowest BCUT2D eigenvalue weighted by molar-refractivity contribution is -0.137. The van der Waals surface area contributed by atoms with E-state index in [0.29, 0.717) is 45.0 Å². The number of amides is 1. The zero-order valence-corrected chi connectivity index (χ0v) is 23.0. The van der Waals surface area contributed by atoms with Gasteiger partial charge in [-0.25, -0.2) is 4.79 Å². The van der Waals surface area contributed by atoms with Crippen LogP contribution in [0.4, 0.5) is 29.3 Å². The number of hydrogen-bond acceptors (Lipinski definition) is 6. The van der Waals surface area contributed by atoms with Crippen LogP contribution in [-0.4, -0.2) is 74.0 Å². The molecule has 2 aromatic rings. The summed E-state index contributed by atoms with van der Waals surface area (Å²) in [7, 11) is 0. The Morgan fingerprint density at radius 1 is 0.974 bits per heavy atom. The van der Waals surface area contributed by atoms with Gasteiger partial charge in [0.15, 0.2) is 0 Å². The molecule has 0 radical (unpaired) electrons. The molecule has 38 heavy (non-hydrogen) atoms. The van der Waals surface area contributed by atoms with E-state index in [1.807, 2.05) is 49.9 Å². The van der Waals surface area contributed by atoms with E-state index in [1.165, 1.54) is 17.8 Å². The van der Waals surface area contributed by atoms with E-state index in [1.54, 1.807) is 11.0 Å². The number of halogens is 3. The molecule has 208 valence electrons. The van der Waals surface area contributed by atoms with Gasteiger partial charge in [0.25, 0.3) is 0 Å². The molecule has 6 nitrogen and oxygen atoms in total. The van der Waals surface area contributed by atoms with Crippen LogP contribution in [0, 0.1) is 0 Å². The fourth-order valence-electron chi connectivity index (χ4n) is 4.67. The maximum Gasteiger partial charge on any atom is 0.416 e. The quantitative estimate of drug-likeness (QED) is 0.325. The van der Waals surface area contributed by atoms with Gasteiger partial charge in [-0.05, 0) is 64.1 Å². The molecule has 2 aromatic carbocycles. The molecule has 0 unspecified atom stereocenters. The lowest BCUT2D eigenvalue weighted by atomic mass is 10.1. The highest BCUT2D eigenvalue weighted by Gasteiger charge is 2.33. The van der Waals surface area contributed by atoms with Crippen molar-refractivity contribution in [2.45, 2.75) is 55.2 Å². The highest BCUT2D eigenvalue weighted by molar-refractivity contribution is 7.99. The number of fused-ring (bicyclic) bond motifs is 2. The van der Waals surface area contributed by atoms with Gasteiger partial charge in [0.1, 0.15) is 5.60 Å². The minimum Gasteiger partial charge on any atom is -0.443 e. The third kappa shape index (κ3) is 7.15. The minimum absolute atomic E-state index is 0.300. The number of ether oxygens (including phenoxy) is 2. The Kier molecular flexibility index (Phi) is 9.15. The average Bonchev–Trinajstić information content (AvgIpc) is 2.87. The summed E-state index contributed by atoms with van der Waals surface area (Å²) in [5.41, 5.74) is 0.312. The average molecular weight is 552 g/mol. The summed E-state index contributed by atoms with van der Waals surface area (Å²) < 4.78 is 51.5. The molecular formula is C28H36F3N3O3S. The minimum atomic E-state index is -4.39. The number of piperazine rings is 1. The zero-order valence-electron chi connectivity index (χ0n) is 22.2. The number of alkyl halides is 3.